The number of carbonyl (C=O) groups is 1. The summed E-state index contributed by atoms with van der Waals surface area (Å²) in [4.78, 5) is 15.9. The lowest BCUT2D eigenvalue weighted by atomic mass is 10.1. The van der Waals surface area contributed by atoms with Crippen molar-refractivity contribution in [2.24, 2.45) is 16.5 Å². The molecule has 2 rings (SSSR count). The van der Waals surface area contributed by atoms with Crippen LogP contribution in [0.4, 0.5) is 0 Å². The molecule has 0 aliphatic rings. The SMILES string of the molecule is COC(=O)[C@H](CCCN=C(N)N)NS(=O)(=O)c1cccc2ccccc12. The van der Waals surface area contributed by atoms with Crippen LogP contribution in [0, 0.1) is 0 Å². The first-order valence-corrected chi connectivity index (χ1v) is 9.47. The van der Waals surface area contributed by atoms with Crippen molar-refractivity contribution in [1.82, 2.24) is 4.72 Å². The largest absolute Gasteiger partial charge is 0.468 e. The maximum Gasteiger partial charge on any atom is 0.323 e. The van der Waals surface area contributed by atoms with Gasteiger partial charge >= 0.3 is 5.97 Å². The molecular formula is C17H22N4O4S. The van der Waals surface area contributed by atoms with Crippen LogP contribution in [-0.2, 0) is 19.6 Å². The van der Waals surface area contributed by atoms with Gasteiger partial charge in [-0.3, -0.25) is 9.79 Å². The zero-order chi connectivity index (χ0) is 19.2. The van der Waals surface area contributed by atoms with E-state index in [0.717, 1.165) is 5.39 Å². The molecule has 5 N–H and O–H groups in total. The summed E-state index contributed by atoms with van der Waals surface area (Å²) < 4.78 is 32.8. The van der Waals surface area contributed by atoms with Crippen LogP contribution in [0.15, 0.2) is 52.4 Å². The van der Waals surface area contributed by atoms with Crippen LogP contribution in [0.2, 0.25) is 0 Å². The number of guanidine groups is 1. The Morgan fingerprint density at radius 3 is 2.58 bits per heavy atom. The molecule has 0 unspecified atom stereocenters. The normalized spacial score (nSPS) is 12.5. The highest BCUT2D eigenvalue weighted by atomic mass is 32.2. The summed E-state index contributed by atoms with van der Waals surface area (Å²) in [5.74, 6) is -0.727. The van der Waals surface area contributed by atoms with Gasteiger partial charge in [0.05, 0.1) is 12.0 Å². The minimum Gasteiger partial charge on any atom is -0.468 e. The average molecular weight is 378 g/mol. The van der Waals surface area contributed by atoms with Crippen molar-refractivity contribution < 1.29 is 17.9 Å². The third-order valence-electron chi connectivity index (χ3n) is 3.77. The summed E-state index contributed by atoms with van der Waals surface area (Å²) >= 11 is 0. The summed E-state index contributed by atoms with van der Waals surface area (Å²) in [6.45, 7) is 0.284. The summed E-state index contributed by atoms with van der Waals surface area (Å²) in [5.41, 5.74) is 10.5. The summed E-state index contributed by atoms with van der Waals surface area (Å²) in [6, 6.07) is 11.1. The number of nitrogens with zero attached hydrogens (tertiary/aromatic N) is 1. The van der Waals surface area contributed by atoms with E-state index in [1.165, 1.54) is 13.2 Å². The standard InChI is InChI=1S/C17H22N4O4S/c1-25-16(22)14(9-5-11-20-17(18)19)21-26(23,24)15-10-4-7-12-6-2-3-8-13(12)15/h2-4,6-8,10,14,21H,5,9,11H2,1H3,(H4,18,19,20)/t14-/m0/s1. The Balaban J connectivity index is 2.25. The maximum atomic E-state index is 12.8. The predicted molar refractivity (Wildman–Crippen MR) is 100.0 cm³/mol. The van der Waals surface area contributed by atoms with Crippen molar-refractivity contribution in [2.45, 2.75) is 23.8 Å². The number of sulfonamides is 1. The molecule has 0 radical (unpaired) electrons. The van der Waals surface area contributed by atoms with E-state index >= 15 is 0 Å². The molecule has 0 saturated heterocycles. The topological polar surface area (TPSA) is 137 Å². The lowest BCUT2D eigenvalue weighted by molar-refractivity contribution is -0.142. The molecule has 0 bridgehead atoms. The fourth-order valence-electron chi connectivity index (χ4n) is 2.55. The fourth-order valence-corrected chi connectivity index (χ4v) is 4.00. The van der Waals surface area contributed by atoms with Gasteiger partial charge in [0, 0.05) is 11.9 Å². The second kappa shape index (κ2) is 8.63. The second-order valence-corrected chi connectivity index (χ2v) is 7.31. The Bertz CT molecular complexity index is 903. The van der Waals surface area contributed by atoms with Crippen LogP contribution < -0.4 is 16.2 Å². The molecule has 8 nitrogen and oxygen atoms in total. The first-order chi connectivity index (χ1) is 12.3. The molecule has 0 amide bonds. The fraction of sp³-hybridized carbons (Fsp3) is 0.294. The van der Waals surface area contributed by atoms with Crippen LogP contribution in [0.5, 0.6) is 0 Å². The molecule has 9 heteroatoms. The van der Waals surface area contributed by atoms with Crippen LogP contribution >= 0.6 is 0 Å². The molecule has 2 aromatic rings. The zero-order valence-electron chi connectivity index (χ0n) is 14.4. The van der Waals surface area contributed by atoms with E-state index in [1.807, 2.05) is 18.2 Å². The van der Waals surface area contributed by atoms with Crippen LogP contribution in [0.1, 0.15) is 12.8 Å². The van der Waals surface area contributed by atoms with E-state index in [9.17, 15) is 13.2 Å². The van der Waals surface area contributed by atoms with E-state index in [2.05, 4.69) is 9.71 Å². The van der Waals surface area contributed by atoms with Gasteiger partial charge in [0.1, 0.15) is 6.04 Å². The van der Waals surface area contributed by atoms with Gasteiger partial charge in [-0.25, -0.2) is 8.42 Å². The Morgan fingerprint density at radius 2 is 1.88 bits per heavy atom. The monoisotopic (exact) mass is 378 g/mol. The van der Waals surface area contributed by atoms with Gasteiger partial charge in [0.25, 0.3) is 0 Å². The number of fused-ring (bicyclic) bond motifs is 1. The van der Waals surface area contributed by atoms with Crippen molar-refractivity contribution in [2.75, 3.05) is 13.7 Å². The van der Waals surface area contributed by atoms with Gasteiger partial charge in [-0.2, -0.15) is 4.72 Å². The number of nitrogens with two attached hydrogens (primary N) is 2. The second-order valence-electron chi connectivity index (χ2n) is 5.62. The number of aliphatic imine (C=N–C) groups is 1. The number of nitrogens with one attached hydrogen (secondary N) is 1. The molecule has 26 heavy (non-hydrogen) atoms. The van der Waals surface area contributed by atoms with Gasteiger partial charge < -0.3 is 16.2 Å². The molecule has 0 aliphatic heterocycles. The minimum atomic E-state index is -3.93. The van der Waals surface area contributed by atoms with Gasteiger partial charge in [-0.15, -0.1) is 0 Å². The summed E-state index contributed by atoms with van der Waals surface area (Å²) in [5, 5.41) is 1.37. The number of rotatable bonds is 8. The minimum absolute atomic E-state index is 0.0593. The van der Waals surface area contributed by atoms with Crippen molar-refractivity contribution in [1.29, 1.82) is 0 Å². The molecule has 2 aromatic carbocycles. The number of esters is 1. The first kappa shape index (κ1) is 19.7. The van der Waals surface area contributed by atoms with E-state index in [1.54, 1.807) is 18.2 Å². The highest BCUT2D eigenvalue weighted by molar-refractivity contribution is 7.89. The molecular weight excluding hydrogens is 356 g/mol. The molecule has 0 spiro atoms. The zero-order valence-corrected chi connectivity index (χ0v) is 15.2. The van der Waals surface area contributed by atoms with Gasteiger partial charge in [0.2, 0.25) is 10.0 Å². The highest BCUT2D eigenvalue weighted by Gasteiger charge is 2.27. The number of ether oxygens (including phenoxy) is 1. The molecule has 140 valence electrons. The number of benzene rings is 2. The Kier molecular flexibility index (Phi) is 6.53. The molecule has 1 atom stereocenters. The average Bonchev–Trinajstić information content (AvgIpc) is 2.62. The van der Waals surface area contributed by atoms with Crippen molar-refractivity contribution in [3.8, 4) is 0 Å². The third kappa shape index (κ3) is 4.93. The van der Waals surface area contributed by atoms with Crippen LogP contribution in [0.25, 0.3) is 10.8 Å². The summed E-state index contributed by atoms with van der Waals surface area (Å²) in [7, 11) is -2.72. The number of carbonyl (C=O) groups excluding carboxylic acids is 1. The lowest BCUT2D eigenvalue weighted by Crippen LogP contribution is -2.41. The van der Waals surface area contributed by atoms with Crippen LogP contribution in [-0.4, -0.2) is 40.0 Å². The molecule has 0 aliphatic carbocycles. The molecule has 0 heterocycles. The van der Waals surface area contributed by atoms with E-state index < -0.39 is 22.0 Å². The van der Waals surface area contributed by atoms with E-state index in [4.69, 9.17) is 16.2 Å². The first-order valence-electron chi connectivity index (χ1n) is 7.98. The number of hydrogen-bond acceptors (Lipinski definition) is 5. The number of methoxy groups -OCH3 is 1. The van der Waals surface area contributed by atoms with E-state index in [0.29, 0.717) is 11.8 Å². The Labute approximate surface area is 152 Å². The van der Waals surface area contributed by atoms with Gasteiger partial charge in [-0.05, 0) is 24.3 Å². The Hall–Kier alpha value is -2.65. The van der Waals surface area contributed by atoms with Crippen molar-refractivity contribution in [3.05, 3.63) is 42.5 Å². The van der Waals surface area contributed by atoms with Crippen molar-refractivity contribution in [3.63, 3.8) is 0 Å². The summed E-state index contributed by atoms with van der Waals surface area (Å²) in [6.07, 6.45) is 0.614. The maximum absolute atomic E-state index is 12.8. The van der Waals surface area contributed by atoms with Gasteiger partial charge in [0.15, 0.2) is 5.96 Å². The quantitative estimate of drug-likeness (QED) is 0.268. The Morgan fingerprint density at radius 1 is 1.19 bits per heavy atom. The predicted octanol–water partition coefficient (Wildman–Crippen LogP) is 0.713. The molecule has 0 saturated carbocycles. The molecule has 0 fully saturated rings. The molecule has 0 aromatic heterocycles. The lowest BCUT2D eigenvalue weighted by Gasteiger charge is -2.17. The number of hydrogen-bond donors (Lipinski definition) is 3. The van der Waals surface area contributed by atoms with E-state index in [-0.39, 0.29) is 23.8 Å². The smallest absolute Gasteiger partial charge is 0.323 e. The van der Waals surface area contributed by atoms with Gasteiger partial charge in [-0.1, -0.05) is 36.4 Å². The van der Waals surface area contributed by atoms with Crippen molar-refractivity contribution >= 4 is 32.7 Å². The third-order valence-corrected chi connectivity index (χ3v) is 5.30. The highest BCUT2D eigenvalue weighted by Crippen LogP contribution is 2.23. The van der Waals surface area contributed by atoms with Crippen LogP contribution in [0.3, 0.4) is 0 Å².